The number of ether oxygens (including phenoxy) is 5. The van der Waals surface area contributed by atoms with E-state index >= 15 is 0 Å². The first-order valence-electron chi connectivity index (χ1n) is 41.5. The third-order valence-electron chi connectivity index (χ3n) is 18.8. The molecular formula is C98H82Cl7N13O20S5. The maximum absolute atomic E-state index is 12.3. The van der Waals surface area contributed by atoms with Gasteiger partial charge < -0.3 is 50.3 Å². The summed E-state index contributed by atoms with van der Waals surface area (Å²) in [6.45, 7) is 1.83. The van der Waals surface area contributed by atoms with Crippen LogP contribution in [0.4, 0.5) is 28.4 Å². The number of carbonyl (C=O) groups excluding carboxylic acids is 5. The summed E-state index contributed by atoms with van der Waals surface area (Å²) in [5, 5.41) is 43.0. The van der Waals surface area contributed by atoms with Crippen molar-refractivity contribution in [3.8, 4) is 57.5 Å². The summed E-state index contributed by atoms with van der Waals surface area (Å²) >= 11 is 41.6. The molecule has 0 spiro atoms. The van der Waals surface area contributed by atoms with Crippen LogP contribution in [-0.2, 0) is 106 Å². The van der Waals surface area contributed by atoms with E-state index in [0.717, 1.165) is 16.8 Å². The highest BCUT2D eigenvalue weighted by Crippen LogP contribution is 2.39. The first-order valence-corrected chi connectivity index (χ1v) is 51.8. The smallest absolute Gasteiger partial charge is 0.241 e. The number of nitrogens with one attached hydrogen (secondary N) is 5. The summed E-state index contributed by atoms with van der Waals surface area (Å²) in [7, 11) is -20.5. The molecule has 5 amide bonds. The number of halogens is 7. The minimum absolute atomic E-state index is 0.0128. The van der Waals surface area contributed by atoms with E-state index in [-0.39, 0.29) is 143 Å². The minimum atomic E-state index is -4.12. The lowest BCUT2D eigenvalue weighted by atomic mass is 10.1. The van der Waals surface area contributed by atoms with Crippen LogP contribution in [0, 0.1) is 6.92 Å². The number of carbonyl (C=O) groups is 5. The van der Waals surface area contributed by atoms with Crippen molar-refractivity contribution in [2.45, 2.75) is 63.5 Å². The van der Waals surface area contributed by atoms with Gasteiger partial charge in [-0.15, -0.1) is 0 Å². The van der Waals surface area contributed by atoms with E-state index in [9.17, 15) is 66.1 Å². The van der Waals surface area contributed by atoms with E-state index in [4.69, 9.17) is 131 Å². The molecule has 0 radical (unpaired) electrons. The Morgan fingerprint density at radius 3 is 0.853 bits per heavy atom. The average molecular weight is 2170 g/mol. The van der Waals surface area contributed by atoms with Gasteiger partial charge in [0.25, 0.3) is 0 Å². The van der Waals surface area contributed by atoms with Gasteiger partial charge in [0.05, 0.1) is 32.1 Å². The van der Waals surface area contributed by atoms with E-state index in [0.29, 0.717) is 80.9 Å². The topological polar surface area (TPSA) is 531 Å². The predicted octanol–water partition coefficient (Wildman–Crippen LogP) is 19.6. The van der Waals surface area contributed by atoms with Crippen LogP contribution in [-0.4, -0.2) is 86.6 Å². The van der Waals surface area contributed by atoms with Crippen LogP contribution in [0.1, 0.15) is 33.8 Å². The molecule has 0 fully saturated rings. The number of sulfonamides is 5. The summed E-state index contributed by atoms with van der Waals surface area (Å²) in [6.07, 6.45) is 5.09. The highest BCUT2D eigenvalue weighted by atomic mass is 35.5. The first-order chi connectivity index (χ1) is 67.7. The Morgan fingerprint density at radius 1 is 0.273 bits per heavy atom. The Bertz CT molecular complexity index is 7460. The molecule has 143 heavy (non-hydrogen) atoms. The number of aromatic nitrogens is 3. The number of rotatable bonds is 30. The lowest BCUT2D eigenvalue weighted by Crippen LogP contribution is -2.17. The molecule has 15 rings (SSSR count). The van der Waals surface area contributed by atoms with Gasteiger partial charge in [-0.25, -0.2) is 67.8 Å². The van der Waals surface area contributed by atoms with Crippen LogP contribution < -0.4 is 76.0 Å². The summed E-state index contributed by atoms with van der Waals surface area (Å²) in [6, 6.07) is 81.3. The number of anilines is 5. The molecule has 0 saturated carbocycles. The Balaban J connectivity index is 0.000000171. The Kier molecular flexibility index (Phi) is 38.7. The molecule has 12 aromatic carbocycles. The average Bonchev–Trinajstić information content (AvgIpc) is 0.821. The van der Waals surface area contributed by atoms with Crippen molar-refractivity contribution >= 4 is 189 Å². The maximum Gasteiger partial charge on any atom is 0.241 e. The number of pyridine rings is 3. The van der Waals surface area contributed by atoms with Crippen LogP contribution in [0.2, 0.25) is 35.2 Å². The van der Waals surface area contributed by atoms with Crippen LogP contribution in [0.15, 0.2) is 352 Å². The molecule has 3 aromatic heterocycles. The van der Waals surface area contributed by atoms with Gasteiger partial charge in [-0.05, 0) is 260 Å². The number of hydrogen-bond acceptors (Lipinski definition) is 23. The molecule has 0 bridgehead atoms. The number of benzene rings is 12. The van der Waals surface area contributed by atoms with Gasteiger partial charge >= 0.3 is 0 Å². The molecule has 0 saturated heterocycles. The van der Waals surface area contributed by atoms with Gasteiger partial charge in [0.15, 0.2) is 0 Å². The van der Waals surface area contributed by atoms with Crippen molar-refractivity contribution in [2.75, 3.05) is 26.6 Å². The second-order valence-corrected chi connectivity index (χ2v) is 40.8. The van der Waals surface area contributed by atoms with Gasteiger partial charge in [-0.3, -0.25) is 38.9 Å². The van der Waals surface area contributed by atoms with Gasteiger partial charge in [-0.2, -0.15) is 0 Å². The SMILES string of the molecule is Cc1cccc(CC(=O)Nc2ccc(Oc3cccc(Cl)c3)c(S(N)(=O)=O)c2)n1.NS(=O)(=O)c1cc(NC(=O)Cc2cccc(Cl)c2)ccc1Oc1cccc(Cl)c1.NS(=O)(=O)c1cc(NC(=O)Cc2ccccc2Cl)ccc1Oc1cccc(Cl)c1.NS(=O)(=O)c1cc(NC(=O)Cc2ccccn2)ccc1Oc1cccc(Cl)c1.NS(=O)(=O)c1cc(NC(=O)Cc2ccncc2)ccc1Oc1cccc(Cl)c1. The normalized spacial score (nSPS) is 11.1. The van der Waals surface area contributed by atoms with Gasteiger partial charge in [0.1, 0.15) is 82.0 Å². The van der Waals surface area contributed by atoms with E-state index < -0.39 is 50.1 Å². The highest BCUT2D eigenvalue weighted by molar-refractivity contribution is 7.90. The molecule has 0 aliphatic rings. The summed E-state index contributed by atoms with van der Waals surface area (Å²) < 4.78 is 148. The summed E-state index contributed by atoms with van der Waals surface area (Å²) in [5.74, 6) is 0.153. The van der Waals surface area contributed by atoms with Gasteiger partial charge in [0.2, 0.25) is 79.7 Å². The lowest BCUT2D eigenvalue weighted by molar-refractivity contribution is -0.116. The number of amides is 5. The molecule has 0 atom stereocenters. The zero-order valence-electron chi connectivity index (χ0n) is 74.3. The van der Waals surface area contributed by atoms with Crippen molar-refractivity contribution in [1.29, 1.82) is 0 Å². The van der Waals surface area contributed by atoms with Gasteiger partial charge in [-0.1, -0.05) is 154 Å². The van der Waals surface area contributed by atoms with E-state index in [2.05, 4.69) is 41.5 Å². The summed E-state index contributed by atoms with van der Waals surface area (Å²) in [4.78, 5) is 72.2. The fourth-order valence-electron chi connectivity index (χ4n) is 12.6. The quantitative estimate of drug-likeness (QED) is 0.0200. The van der Waals surface area contributed by atoms with Crippen molar-refractivity contribution in [2.24, 2.45) is 25.7 Å². The van der Waals surface area contributed by atoms with Crippen molar-refractivity contribution < 1.29 is 89.7 Å². The van der Waals surface area contributed by atoms with Crippen molar-refractivity contribution in [3.05, 3.63) is 397 Å². The van der Waals surface area contributed by atoms with Crippen molar-refractivity contribution in [1.82, 2.24) is 15.0 Å². The Labute approximate surface area is 857 Å². The molecule has 0 aliphatic carbocycles. The lowest BCUT2D eigenvalue weighted by Gasteiger charge is -2.13. The predicted molar refractivity (Wildman–Crippen MR) is 549 cm³/mol. The minimum Gasteiger partial charge on any atom is -0.456 e. The molecule has 45 heteroatoms. The Morgan fingerprint density at radius 2 is 0.552 bits per heavy atom. The third-order valence-corrected chi connectivity index (χ3v) is 25.3. The zero-order valence-corrected chi connectivity index (χ0v) is 83.7. The Hall–Kier alpha value is -14.0. The number of nitrogens with two attached hydrogens (primary N) is 5. The van der Waals surface area contributed by atoms with Crippen LogP contribution in [0.5, 0.6) is 57.5 Å². The van der Waals surface area contributed by atoms with Gasteiger partial charge in [0, 0.05) is 99.3 Å². The second kappa shape index (κ2) is 50.6. The van der Waals surface area contributed by atoms with Crippen LogP contribution >= 0.6 is 81.2 Å². The molecule has 738 valence electrons. The molecule has 33 nitrogen and oxygen atoms in total. The number of hydrogen-bond donors (Lipinski definition) is 10. The molecule has 0 unspecified atom stereocenters. The zero-order chi connectivity index (χ0) is 103. The molecular weight excluding hydrogens is 2090 g/mol. The maximum atomic E-state index is 12.3. The highest BCUT2D eigenvalue weighted by Gasteiger charge is 2.26. The van der Waals surface area contributed by atoms with Crippen LogP contribution in [0.3, 0.4) is 0 Å². The monoisotopic (exact) mass is 2170 g/mol. The number of aryl methyl sites for hydroxylation is 1. The third kappa shape index (κ3) is 35.9. The van der Waals surface area contributed by atoms with E-state index in [1.54, 1.807) is 207 Å². The fraction of sp³-hybridized carbons (Fsp3) is 0.0612. The van der Waals surface area contributed by atoms with E-state index in [1.807, 2.05) is 19.1 Å². The number of nitrogens with zero attached hydrogens (tertiary/aromatic N) is 3. The van der Waals surface area contributed by atoms with Crippen molar-refractivity contribution in [3.63, 3.8) is 0 Å². The standard InChI is InChI=1S/2C20H16Cl2N2O4S.C20H18ClN3O4S.2C19H16ClN3O4S/c21-14-4-1-3-13(9-14)10-20(25)24-16-7-8-18(19(12-16)29(23,26)27)28-17-6-2-5-15(22)11-17;21-14-5-3-6-16(11-14)28-18-9-8-15(12-19(18)29(23,26)27)24-20(25)10-13-4-1-2-7-17(13)22;1-13-4-2-6-15(23-13)12-20(25)24-16-8-9-18(19(11-16)29(22,26)27)28-17-7-3-5-14(21)10-17;20-13-4-3-6-16(10-13)27-17-8-7-15(11-18(17)28(21,25)26)23-19(24)12-14-5-1-2-9-22-14;20-14-2-1-3-16(11-14)27-17-5-4-15(12-18(17)28(21,25)26)23-19(24)10-13-6-8-22-9-7-13/h2*1-9,11-12H,10H2,(H,24,25)(H2,23,26,27);2-11H,12H2,1H3,(H,24,25)(H2,22,26,27);1-11H,12H2,(H,23,24)(H2,21,25,26);1-9,11-12H,10H2,(H,23,24)(H2,21,25,26). The first kappa shape index (κ1) is 109. The summed E-state index contributed by atoms with van der Waals surface area (Å²) in [5.41, 5.74) is 5.48. The molecule has 3 heterocycles. The van der Waals surface area contributed by atoms with E-state index in [1.165, 1.54) is 109 Å². The largest absolute Gasteiger partial charge is 0.456 e. The number of primary sulfonamides is 5. The fourth-order valence-corrected chi connectivity index (χ4v) is 17.4. The molecule has 15 aromatic rings. The molecule has 15 N–H and O–H groups in total. The second-order valence-electron chi connectivity index (χ2n) is 30.1. The molecule has 0 aliphatic heterocycles. The van der Waals surface area contributed by atoms with Crippen LogP contribution in [0.25, 0.3) is 0 Å².